The summed E-state index contributed by atoms with van der Waals surface area (Å²) in [6.07, 6.45) is 1.65. The summed E-state index contributed by atoms with van der Waals surface area (Å²) in [5, 5.41) is 8.06. The number of hydrogen-bond acceptors (Lipinski definition) is 6. The zero-order chi connectivity index (χ0) is 15.8. The van der Waals surface area contributed by atoms with Crippen molar-refractivity contribution in [1.82, 2.24) is 10.3 Å². The van der Waals surface area contributed by atoms with Crippen LogP contribution in [0.25, 0.3) is 0 Å². The van der Waals surface area contributed by atoms with Crippen LogP contribution in [0.3, 0.4) is 0 Å². The van der Waals surface area contributed by atoms with E-state index >= 15 is 0 Å². The van der Waals surface area contributed by atoms with E-state index in [1.54, 1.807) is 37.6 Å². The summed E-state index contributed by atoms with van der Waals surface area (Å²) in [7, 11) is 1.59. The molecule has 0 saturated heterocycles. The molecule has 1 amide bonds. The van der Waals surface area contributed by atoms with Crippen LogP contribution < -0.4 is 15.4 Å². The Labute approximate surface area is 137 Å². The van der Waals surface area contributed by atoms with Gasteiger partial charge < -0.3 is 14.8 Å². The van der Waals surface area contributed by atoms with E-state index in [4.69, 9.17) is 21.7 Å². The first kappa shape index (κ1) is 16.3. The van der Waals surface area contributed by atoms with E-state index in [1.165, 1.54) is 11.3 Å². The van der Waals surface area contributed by atoms with E-state index in [0.29, 0.717) is 29.7 Å². The summed E-state index contributed by atoms with van der Waals surface area (Å²) in [6, 6.07) is 6.95. The lowest BCUT2D eigenvalue weighted by Crippen LogP contribution is -2.34. The number of thiazole rings is 1. The largest absolute Gasteiger partial charge is 0.490 e. The average molecular weight is 337 g/mol. The van der Waals surface area contributed by atoms with Gasteiger partial charge in [-0.05, 0) is 24.4 Å². The van der Waals surface area contributed by atoms with E-state index in [0.717, 1.165) is 0 Å². The van der Waals surface area contributed by atoms with Crippen LogP contribution in [0.4, 0.5) is 5.13 Å². The average Bonchev–Trinajstić information content (AvgIpc) is 3.00. The molecule has 0 fully saturated rings. The quantitative estimate of drug-likeness (QED) is 0.622. The Morgan fingerprint density at radius 3 is 2.91 bits per heavy atom. The molecule has 1 aromatic heterocycles. The molecular formula is C14H15N3O3S2. The topological polar surface area (TPSA) is 72.5 Å². The molecule has 0 unspecified atom stereocenters. The molecule has 116 valence electrons. The fourth-order valence-electron chi connectivity index (χ4n) is 1.60. The normalized spacial score (nSPS) is 10.0. The summed E-state index contributed by atoms with van der Waals surface area (Å²) in [4.78, 5) is 16.3. The molecular weight excluding hydrogens is 322 g/mol. The minimum absolute atomic E-state index is 0.187. The Morgan fingerprint density at radius 1 is 1.36 bits per heavy atom. The summed E-state index contributed by atoms with van der Waals surface area (Å²) >= 11 is 6.48. The highest BCUT2D eigenvalue weighted by Gasteiger charge is 2.13. The number of thiocarbonyl (C=S) groups is 1. The number of ether oxygens (including phenoxy) is 2. The van der Waals surface area contributed by atoms with Crippen LogP contribution in [-0.2, 0) is 4.74 Å². The van der Waals surface area contributed by atoms with Crippen molar-refractivity contribution >= 4 is 39.7 Å². The lowest BCUT2D eigenvalue weighted by Gasteiger charge is -2.12. The van der Waals surface area contributed by atoms with Crippen molar-refractivity contribution in [3.05, 3.63) is 41.4 Å². The lowest BCUT2D eigenvalue weighted by atomic mass is 10.2. The fourth-order valence-corrected chi connectivity index (χ4v) is 2.39. The molecule has 0 atom stereocenters. The third kappa shape index (κ3) is 4.76. The first-order valence-corrected chi connectivity index (χ1v) is 7.72. The molecule has 1 heterocycles. The van der Waals surface area contributed by atoms with Crippen LogP contribution in [0.5, 0.6) is 5.75 Å². The Hall–Kier alpha value is -2.03. The van der Waals surface area contributed by atoms with Gasteiger partial charge in [0.05, 0.1) is 12.2 Å². The smallest absolute Gasteiger partial charge is 0.261 e. The van der Waals surface area contributed by atoms with E-state index < -0.39 is 0 Å². The number of para-hydroxylation sites is 1. The number of rotatable bonds is 6. The fraction of sp³-hybridized carbons (Fsp3) is 0.214. The number of aromatic nitrogens is 1. The maximum Gasteiger partial charge on any atom is 0.261 e. The first-order chi connectivity index (χ1) is 10.7. The van der Waals surface area contributed by atoms with E-state index in [2.05, 4.69) is 15.6 Å². The molecule has 8 heteroatoms. The number of methoxy groups -OCH3 is 1. The van der Waals surface area contributed by atoms with Gasteiger partial charge in [0, 0.05) is 18.7 Å². The molecule has 0 aliphatic carbocycles. The maximum atomic E-state index is 12.3. The van der Waals surface area contributed by atoms with Gasteiger partial charge >= 0.3 is 0 Å². The van der Waals surface area contributed by atoms with Gasteiger partial charge in [0.15, 0.2) is 10.2 Å². The van der Waals surface area contributed by atoms with Crippen LogP contribution >= 0.6 is 23.6 Å². The molecule has 2 aromatic rings. The molecule has 0 aliphatic heterocycles. The second-order valence-corrected chi connectivity index (χ2v) is 5.39. The second kappa shape index (κ2) is 8.42. The molecule has 0 radical (unpaired) electrons. The number of hydrogen-bond donors (Lipinski definition) is 2. The second-order valence-electron chi connectivity index (χ2n) is 4.08. The lowest BCUT2D eigenvalue weighted by molar-refractivity contribution is 0.0970. The van der Waals surface area contributed by atoms with Crippen molar-refractivity contribution in [2.24, 2.45) is 0 Å². The predicted octanol–water partition coefficient (Wildman–Crippen LogP) is 2.30. The Balaban J connectivity index is 1.98. The van der Waals surface area contributed by atoms with Crippen LogP contribution in [0.2, 0.25) is 0 Å². The van der Waals surface area contributed by atoms with Gasteiger partial charge in [0.1, 0.15) is 12.4 Å². The van der Waals surface area contributed by atoms with Gasteiger partial charge in [0.2, 0.25) is 0 Å². The van der Waals surface area contributed by atoms with Crippen molar-refractivity contribution in [2.75, 3.05) is 25.6 Å². The molecule has 1 aromatic carbocycles. The van der Waals surface area contributed by atoms with Crippen molar-refractivity contribution in [3.8, 4) is 5.75 Å². The zero-order valence-electron chi connectivity index (χ0n) is 11.9. The Bertz CT molecular complexity index is 632. The minimum Gasteiger partial charge on any atom is -0.490 e. The van der Waals surface area contributed by atoms with Gasteiger partial charge in [-0.2, -0.15) is 0 Å². The highest BCUT2D eigenvalue weighted by atomic mass is 32.1. The number of benzene rings is 1. The number of amides is 1. The molecule has 2 rings (SSSR count). The highest BCUT2D eigenvalue weighted by Crippen LogP contribution is 2.18. The van der Waals surface area contributed by atoms with Crippen LogP contribution in [-0.4, -0.2) is 36.3 Å². The van der Waals surface area contributed by atoms with Gasteiger partial charge in [-0.1, -0.05) is 12.1 Å². The summed E-state index contributed by atoms with van der Waals surface area (Å²) in [5.41, 5.74) is 0.405. The summed E-state index contributed by atoms with van der Waals surface area (Å²) in [5.74, 6) is 0.135. The van der Waals surface area contributed by atoms with Crippen LogP contribution in [0.1, 0.15) is 10.4 Å². The van der Waals surface area contributed by atoms with E-state index in [9.17, 15) is 4.79 Å². The van der Waals surface area contributed by atoms with Crippen molar-refractivity contribution in [3.63, 3.8) is 0 Å². The van der Waals surface area contributed by atoms with Gasteiger partial charge in [-0.15, -0.1) is 11.3 Å². The third-order valence-electron chi connectivity index (χ3n) is 2.56. The maximum absolute atomic E-state index is 12.3. The highest BCUT2D eigenvalue weighted by molar-refractivity contribution is 7.80. The number of nitrogens with one attached hydrogen (secondary N) is 2. The summed E-state index contributed by atoms with van der Waals surface area (Å²) < 4.78 is 10.5. The standard InChI is InChI=1S/C14H15N3O3S2/c1-19-7-8-20-11-5-3-2-4-10(11)12(18)16-13(21)17-14-15-6-9-22-14/h2-6,9H,7-8H2,1H3,(H2,15,16,17,18,21). The van der Waals surface area contributed by atoms with Crippen molar-refractivity contribution < 1.29 is 14.3 Å². The van der Waals surface area contributed by atoms with Crippen molar-refractivity contribution in [2.45, 2.75) is 0 Å². The first-order valence-electron chi connectivity index (χ1n) is 6.43. The predicted molar refractivity (Wildman–Crippen MR) is 89.6 cm³/mol. The van der Waals surface area contributed by atoms with Gasteiger partial charge in [-0.25, -0.2) is 4.98 Å². The Kier molecular flexibility index (Phi) is 6.26. The minimum atomic E-state index is -0.345. The molecule has 22 heavy (non-hydrogen) atoms. The number of anilines is 1. The molecule has 0 aliphatic rings. The van der Waals surface area contributed by atoms with E-state index in [1.807, 2.05) is 5.38 Å². The van der Waals surface area contributed by atoms with Crippen LogP contribution in [0.15, 0.2) is 35.8 Å². The number of carbonyl (C=O) groups is 1. The van der Waals surface area contributed by atoms with Gasteiger partial charge in [0.25, 0.3) is 5.91 Å². The summed E-state index contributed by atoms with van der Waals surface area (Å²) in [6.45, 7) is 0.808. The number of carbonyl (C=O) groups excluding carboxylic acids is 1. The molecule has 2 N–H and O–H groups in total. The molecule has 6 nitrogen and oxygen atoms in total. The monoisotopic (exact) mass is 337 g/mol. The Morgan fingerprint density at radius 2 is 2.18 bits per heavy atom. The van der Waals surface area contributed by atoms with Crippen molar-refractivity contribution in [1.29, 1.82) is 0 Å². The van der Waals surface area contributed by atoms with Gasteiger partial charge in [-0.3, -0.25) is 10.1 Å². The third-order valence-corrected chi connectivity index (χ3v) is 3.45. The van der Waals surface area contributed by atoms with E-state index in [-0.39, 0.29) is 11.0 Å². The molecule has 0 bridgehead atoms. The SMILES string of the molecule is COCCOc1ccccc1C(=O)NC(=S)Nc1nccs1. The number of nitrogens with zero attached hydrogens (tertiary/aromatic N) is 1. The molecule has 0 spiro atoms. The zero-order valence-corrected chi connectivity index (χ0v) is 13.5. The van der Waals surface area contributed by atoms with Crippen LogP contribution in [0, 0.1) is 0 Å². The molecule has 0 saturated carbocycles.